The Balaban J connectivity index is 0.000000105. The summed E-state index contributed by atoms with van der Waals surface area (Å²) < 4.78 is 31.3. The van der Waals surface area contributed by atoms with Crippen LogP contribution in [0.3, 0.4) is 0 Å². The second-order valence-corrected chi connectivity index (χ2v) is 36.7. The highest BCUT2D eigenvalue weighted by molar-refractivity contribution is 8.04. The molecule has 16 aromatic rings. The van der Waals surface area contributed by atoms with Gasteiger partial charge in [-0.1, -0.05) is 162 Å². The molecule has 7 nitrogen and oxygen atoms in total. The minimum Gasteiger partial charge on any atom is -0.494 e. The van der Waals surface area contributed by atoms with Gasteiger partial charge in [0.05, 0.1) is 40.7 Å². The number of aryl methyl sites for hydroxylation is 1. The number of nitriles is 1. The zero-order valence-corrected chi connectivity index (χ0v) is 65.7. The van der Waals surface area contributed by atoms with Crippen molar-refractivity contribution in [3.63, 3.8) is 0 Å². The molecule has 14 heteroatoms. The summed E-state index contributed by atoms with van der Waals surface area (Å²) in [4.78, 5) is 30.7. The first kappa shape index (κ1) is 72.9. The molecule has 534 valence electrons. The topological polar surface area (TPSA) is 87.0 Å². The third-order valence-corrected chi connectivity index (χ3v) is 31.6. The predicted molar refractivity (Wildman–Crippen MR) is 453 cm³/mol. The first-order valence-electron chi connectivity index (χ1n) is 35.8. The van der Waals surface area contributed by atoms with Crippen LogP contribution in [0.4, 0.5) is 0 Å². The molecule has 0 aliphatic carbocycles. The summed E-state index contributed by atoms with van der Waals surface area (Å²) in [5.74, 6) is 6.16. The van der Waals surface area contributed by atoms with Gasteiger partial charge in [0.2, 0.25) is 29.4 Å². The quantitative estimate of drug-likeness (QED) is 0.110. The Morgan fingerprint density at radius 1 is 0.373 bits per heavy atom. The summed E-state index contributed by atoms with van der Waals surface area (Å²) >= 11 is 7.91. The molecule has 5 heterocycles. The van der Waals surface area contributed by atoms with E-state index in [0.29, 0.717) is 17.7 Å². The van der Waals surface area contributed by atoms with Crippen LogP contribution in [-0.4, -0.2) is 19.7 Å². The van der Waals surface area contributed by atoms with Crippen molar-refractivity contribution in [1.82, 2.24) is 0 Å². The van der Waals surface area contributed by atoms with Crippen molar-refractivity contribution in [2.45, 2.75) is 82.4 Å². The maximum atomic E-state index is 11.7. The van der Waals surface area contributed by atoms with E-state index in [9.17, 15) is 4.79 Å². The minimum atomic E-state index is -0.322. The van der Waals surface area contributed by atoms with Crippen LogP contribution in [-0.2, 0) is 48.3 Å². The van der Waals surface area contributed by atoms with Crippen molar-refractivity contribution in [3.8, 4) is 51.2 Å². The zero-order valence-electron chi connectivity index (χ0n) is 60.1. The molecule has 0 fully saturated rings. The normalized spacial score (nSPS) is 12.6. The molecule has 110 heavy (non-hydrogen) atoms. The average Bonchev–Trinajstić information content (AvgIpc) is 1.28. The highest BCUT2D eigenvalue weighted by Crippen LogP contribution is 2.53. The van der Waals surface area contributed by atoms with Gasteiger partial charge in [0.1, 0.15) is 49.3 Å². The SMILES string of the molecule is CCOc1ccc(-[s+]2c3ccccc3c3ccccc32)cc1.COC(=O)c1ccc([S+]2c3ccccc3Oc3ccccc32)cc1.Cc1ccc([S+]2c3ccccc3Oc3ccccc32)cc1.Clc1ccc([S+]2c3ccccc3Sc3ccccc32)cc1.N#Cc1ccc([S+]2c3ccccc3Oc3ccccc32)cc1. The van der Waals surface area contributed by atoms with Gasteiger partial charge in [-0.2, -0.15) is 5.26 Å². The van der Waals surface area contributed by atoms with E-state index in [2.05, 4.69) is 231 Å². The molecule has 0 N–H and O–H groups in total. The van der Waals surface area contributed by atoms with Crippen molar-refractivity contribution in [2.75, 3.05) is 13.7 Å². The van der Waals surface area contributed by atoms with Gasteiger partial charge in [-0.3, -0.25) is 0 Å². The maximum absolute atomic E-state index is 11.7. The van der Waals surface area contributed by atoms with Crippen molar-refractivity contribution < 1.29 is 28.5 Å². The van der Waals surface area contributed by atoms with Gasteiger partial charge in [0, 0.05) is 38.4 Å². The Hall–Kier alpha value is -11.3. The predicted octanol–water partition coefficient (Wildman–Crippen LogP) is 26.7. The minimum absolute atomic E-state index is 0.00832. The van der Waals surface area contributed by atoms with E-state index in [0.717, 1.165) is 60.0 Å². The summed E-state index contributed by atoms with van der Waals surface area (Å²) in [6, 6.07) is 127. The Kier molecular flexibility index (Phi) is 22.3. The van der Waals surface area contributed by atoms with Gasteiger partial charge < -0.3 is 23.7 Å². The number of carbonyl (C=O) groups is 1. The van der Waals surface area contributed by atoms with Crippen LogP contribution >= 0.6 is 33.8 Å². The monoisotopic (exact) mass is 1560 g/mol. The van der Waals surface area contributed by atoms with E-state index in [4.69, 9.17) is 40.5 Å². The maximum Gasteiger partial charge on any atom is 0.337 e. The number of fused-ring (bicyclic) bond motifs is 11. The Morgan fingerprint density at radius 3 is 1.05 bits per heavy atom. The summed E-state index contributed by atoms with van der Waals surface area (Å²) in [5.41, 5.74) is 2.53. The first-order valence-corrected chi connectivity index (χ1v) is 43.1. The molecule has 0 spiro atoms. The number of thiophene rings is 1. The van der Waals surface area contributed by atoms with Crippen molar-refractivity contribution in [3.05, 3.63) is 386 Å². The van der Waals surface area contributed by atoms with Crippen LogP contribution < -0.4 is 18.9 Å². The summed E-state index contributed by atoms with van der Waals surface area (Å²) in [5, 5.41) is 12.5. The number of hydrogen-bond donors (Lipinski definition) is 0. The smallest absolute Gasteiger partial charge is 0.337 e. The Labute approximate surface area is 664 Å². The van der Waals surface area contributed by atoms with Crippen LogP contribution in [0.25, 0.3) is 25.1 Å². The van der Waals surface area contributed by atoms with Crippen LogP contribution in [0.1, 0.15) is 28.4 Å². The molecule has 0 amide bonds. The number of esters is 1. The molecule has 0 bridgehead atoms. The van der Waals surface area contributed by atoms with Crippen LogP contribution in [0.2, 0.25) is 5.02 Å². The van der Waals surface area contributed by atoms with Crippen molar-refractivity contribution >= 4 is 104 Å². The van der Waals surface area contributed by atoms with Gasteiger partial charge in [0.15, 0.2) is 78.2 Å². The second kappa shape index (κ2) is 33.7. The molecular formula is C96H71ClNO6S6+5. The fraction of sp³-hybridized carbons (Fsp3) is 0.0417. The lowest BCUT2D eigenvalue weighted by atomic mass is 10.2. The third-order valence-electron chi connectivity index (χ3n) is 18.3. The van der Waals surface area contributed by atoms with Gasteiger partial charge in [-0.05, 0) is 232 Å². The molecular weight excluding hydrogens is 1490 g/mol. The van der Waals surface area contributed by atoms with E-state index >= 15 is 0 Å². The molecule has 0 saturated carbocycles. The standard InChI is InChI=1S/C20H15O3S.C20H17OS.C19H12NOS.C19H15OS.C18H12ClS2/c1-22-20(21)14-10-12-15(13-11-14)24-18-8-4-2-6-16(18)23-17-7-3-5-9-19(17)24;1-2-21-15-11-13-16(14-12-15)22-19-9-5-3-7-17(19)18-8-4-6-10-20(18)22;20-13-14-9-11-15(12-10-14)22-18-7-3-1-5-16(18)21-17-6-2-4-8-19(17)22;1-14-10-12-15(13-11-14)21-18-8-4-2-6-16(18)20-17-7-3-5-9-19(17)21;19-13-9-11-14(12-10-13)21-17-7-3-1-5-15(17)20-16-6-2-4-8-18(16)21/h2-13H,1H3;3-14H,2H2,1H3;1-12H;2-13H,1H3;1-12H/q5*+1. The number of benzene rings is 15. The van der Waals surface area contributed by atoms with E-state index in [-0.39, 0.29) is 60.0 Å². The number of carbonyl (C=O) groups excluding carboxylic acids is 1. The lowest BCUT2D eigenvalue weighted by Crippen LogP contribution is -2.12. The first-order chi connectivity index (χ1) is 54.2. The summed E-state index contributed by atoms with van der Waals surface area (Å²) in [7, 11) is 0.786. The number of methoxy groups -OCH3 is 1. The van der Waals surface area contributed by atoms with E-state index in [1.54, 1.807) is 0 Å². The van der Waals surface area contributed by atoms with E-state index < -0.39 is 0 Å². The largest absolute Gasteiger partial charge is 0.494 e. The van der Waals surface area contributed by atoms with Gasteiger partial charge in [-0.15, -0.1) is 0 Å². The molecule has 15 aromatic carbocycles. The van der Waals surface area contributed by atoms with E-state index in [1.165, 1.54) is 91.6 Å². The van der Waals surface area contributed by atoms with Gasteiger partial charge in [-0.25, -0.2) is 4.79 Å². The number of para-hydroxylation sites is 6. The lowest BCUT2D eigenvalue weighted by molar-refractivity contribution is 0.0600. The van der Waals surface area contributed by atoms with Gasteiger partial charge >= 0.3 is 5.97 Å². The molecule has 4 aliphatic heterocycles. The highest BCUT2D eigenvalue weighted by Gasteiger charge is 2.43. The Morgan fingerprint density at radius 2 is 0.682 bits per heavy atom. The average molecular weight is 1560 g/mol. The van der Waals surface area contributed by atoms with Crippen molar-refractivity contribution in [1.29, 1.82) is 5.26 Å². The molecule has 1 aromatic heterocycles. The van der Waals surface area contributed by atoms with Crippen molar-refractivity contribution in [2.24, 2.45) is 0 Å². The number of halogens is 1. The summed E-state index contributed by atoms with van der Waals surface area (Å²) in [6.07, 6.45) is 0. The second-order valence-electron chi connectivity index (χ2n) is 25.3. The number of rotatable bonds is 8. The van der Waals surface area contributed by atoms with Gasteiger partial charge in [0.25, 0.3) is 0 Å². The third kappa shape index (κ3) is 15.4. The van der Waals surface area contributed by atoms with Crippen LogP contribution in [0.15, 0.2) is 433 Å². The zero-order chi connectivity index (χ0) is 74.9. The molecule has 0 unspecified atom stereocenters. The number of nitrogens with zero attached hydrogens (tertiary/aromatic N) is 1. The number of hydrogen-bond acceptors (Lipinski definition) is 8. The Bertz CT molecular complexity index is 5660. The van der Waals surface area contributed by atoms with Crippen LogP contribution in [0, 0.1) is 18.3 Å². The molecule has 4 aliphatic rings. The lowest BCUT2D eigenvalue weighted by Gasteiger charge is -2.19. The highest BCUT2D eigenvalue weighted by atomic mass is 35.5. The van der Waals surface area contributed by atoms with Crippen LogP contribution in [0.5, 0.6) is 40.2 Å². The van der Waals surface area contributed by atoms with E-state index in [1.807, 2.05) is 164 Å². The molecule has 0 atom stereocenters. The summed E-state index contributed by atoms with van der Waals surface area (Å²) in [6.45, 7) is 4.84. The number of ether oxygens (including phenoxy) is 5. The fourth-order valence-corrected chi connectivity index (χ4v) is 26.1. The molecule has 0 radical (unpaired) electrons. The molecule has 0 saturated heterocycles. The fourth-order valence-electron chi connectivity index (χ4n) is 13.3. The molecule has 20 rings (SSSR count).